The van der Waals surface area contributed by atoms with E-state index in [0.29, 0.717) is 6.42 Å². The average Bonchev–Trinajstić information content (AvgIpc) is 3.06. The lowest BCUT2D eigenvalue weighted by Gasteiger charge is -2.12. The van der Waals surface area contributed by atoms with E-state index < -0.39 is 6.04 Å². The van der Waals surface area contributed by atoms with Gasteiger partial charge in [0.1, 0.15) is 14.1 Å². The minimum Gasteiger partial charge on any atom is -0.324 e. The molecule has 1 atom stereocenters. The molecule has 1 N–H and O–H groups in total. The molecule has 1 amide bonds. The van der Waals surface area contributed by atoms with Crippen LogP contribution in [0.3, 0.4) is 0 Å². The molecular formula is C17H27N2O2P. The summed E-state index contributed by atoms with van der Waals surface area (Å²) in [4.78, 5) is 20.1. The Bertz CT molecular complexity index is 509. The van der Waals surface area contributed by atoms with Crippen molar-refractivity contribution in [2.75, 3.05) is 5.32 Å². The summed E-state index contributed by atoms with van der Waals surface area (Å²) in [6, 6.07) is 5.73. The molecule has 1 aromatic rings. The number of nitrogens with one attached hydrogen (secondary N) is 1. The molecule has 0 fully saturated rings. The largest absolute Gasteiger partial charge is 0.324 e. The lowest BCUT2D eigenvalue weighted by molar-refractivity contribution is -0.117. The third-order valence-corrected chi connectivity index (χ3v) is 3.65. The Morgan fingerprint density at radius 1 is 1.41 bits per heavy atom. The van der Waals surface area contributed by atoms with Crippen LogP contribution >= 0.6 is 8.98 Å². The van der Waals surface area contributed by atoms with Crippen LogP contribution in [0.25, 0.3) is 0 Å². The number of nitrogens with zero attached hydrogens (tertiary/aromatic N) is 1. The molecule has 0 saturated carbocycles. The molecule has 0 aliphatic heterocycles. The highest BCUT2D eigenvalue weighted by Crippen LogP contribution is 2.25. The predicted octanol–water partition coefficient (Wildman–Crippen LogP) is 4.45. The van der Waals surface area contributed by atoms with Gasteiger partial charge in [-0.3, -0.25) is 9.54 Å². The third-order valence-electron chi connectivity index (χ3n) is 3.37. The normalized spacial score (nSPS) is 13.9. The van der Waals surface area contributed by atoms with Crippen LogP contribution < -0.4 is 5.32 Å². The summed E-state index contributed by atoms with van der Waals surface area (Å²) in [6.45, 7) is 8.02. The fourth-order valence-electron chi connectivity index (χ4n) is 2.39. The number of hydrogen-bond donors (Lipinski definition) is 1. The molecule has 1 aliphatic rings. The Morgan fingerprint density at radius 3 is 2.73 bits per heavy atom. The van der Waals surface area contributed by atoms with E-state index in [9.17, 15) is 4.79 Å². The lowest BCUT2D eigenvalue weighted by atomic mass is 10.1. The van der Waals surface area contributed by atoms with Gasteiger partial charge in [-0.05, 0) is 57.9 Å². The average molecular weight is 322 g/mol. The van der Waals surface area contributed by atoms with E-state index in [4.69, 9.17) is 6.07 Å². The molecule has 0 heterocycles. The van der Waals surface area contributed by atoms with E-state index in [0.717, 1.165) is 24.9 Å². The van der Waals surface area contributed by atoms with Gasteiger partial charge < -0.3 is 10.1 Å². The highest BCUT2D eigenvalue weighted by atomic mass is 31.0. The molecule has 1 aliphatic carbocycles. The number of anilines is 1. The van der Waals surface area contributed by atoms with Gasteiger partial charge in [0.15, 0.2) is 0 Å². The lowest BCUT2D eigenvalue weighted by Crippen LogP contribution is -2.25. The van der Waals surface area contributed by atoms with Crippen LogP contribution in [0.2, 0.25) is 0 Å². The molecule has 4 nitrogen and oxygen atoms in total. The second-order valence-electron chi connectivity index (χ2n) is 4.75. The Balaban J connectivity index is 0.00000112. The van der Waals surface area contributed by atoms with Gasteiger partial charge in [-0.25, -0.2) is 0 Å². The number of amides is 1. The number of rotatable bonds is 5. The fraction of sp³-hybridized carbons (Fsp3) is 0.529. The van der Waals surface area contributed by atoms with Gasteiger partial charge in [0.05, 0.1) is 0 Å². The Labute approximate surface area is 137 Å². The summed E-state index contributed by atoms with van der Waals surface area (Å²) in [7, 11) is 0.172. The maximum atomic E-state index is 12.1. The van der Waals surface area contributed by atoms with Crippen LogP contribution in [-0.2, 0) is 22.4 Å². The molecule has 0 spiro atoms. The first kappa shape index (κ1) is 18.5. The quantitative estimate of drug-likeness (QED) is 0.814. The Morgan fingerprint density at radius 2 is 2.09 bits per heavy atom. The van der Waals surface area contributed by atoms with Gasteiger partial charge >= 0.3 is 0 Å². The number of carbonyl (C=O) groups is 2. The van der Waals surface area contributed by atoms with Gasteiger partial charge in [-0.15, -0.1) is 0 Å². The van der Waals surface area contributed by atoms with E-state index in [1.165, 1.54) is 17.5 Å². The van der Waals surface area contributed by atoms with E-state index in [1.807, 2.05) is 33.6 Å². The van der Waals surface area contributed by atoms with Crippen molar-refractivity contribution in [2.24, 2.45) is 4.74 Å². The first-order chi connectivity index (χ1) is 11.2. The predicted molar refractivity (Wildman–Crippen MR) is 95.0 cm³/mol. The van der Waals surface area contributed by atoms with Crippen molar-refractivity contribution in [2.45, 2.75) is 58.9 Å². The van der Waals surface area contributed by atoms with Gasteiger partial charge in [-0.2, -0.15) is 0 Å². The molecule has 122 valence electrons. The number of carbonyl (C=O) groups excluding carboxylic acids is 2. The maximum Gasteiger partial charge on any atom is 0.249 e. The highest BCUT2D eigenvalue weighted by molar-refractivity contribution is 7.04. The Hall–Kier alpha value is -1.54. The van der Waals surface area contributed by atoms with Crippen molar-refractivity contribution in [3.8, 4) is 0 Å². The summed E-state index contributed by atoms with van der Waals surface area (Å²) < 4.78 is 11.1. The highest BCUT2D eigenvalue weighted by Gasteiger charge is 2.17. The van der Waals surface area contributed by atoms with Crippen LogP contribution in [0.1, 0.15) is 51.2 Å². The van der Waals surface area contributed by atoms with Gasteiger partial charge in [0, 0.05) is 5.69 Å². The molecule has 22 heavy (non-hydrogen) atoms. The number of fused-ring (bicyclic) bond motifs is 1. The van der Waals surface area contributed by atoms with Crippen molar-refractivity contribution in [3.63, 3.8) is 0 Å². The molecule has 0 aromatic heterocycles. The number of benzene rings is 1. The maximum absolute atomic E-state index is 12.1. The van der Waals surface area contributed by atoms with Crippen LogP contribution in [0.4, 0.5) is 5.69 Å². The molecular weight excluding hydrogens is 295 g/mol. The second kappa shape index (κ2) is 12.0. The first-order valence-corrected chi connectivity index (χ1v) is 8.20. The smallest absolute Gasteiger partial charge is 0.249 e. The Kier molecular flexibility index (Phi) is 10.1. The minimum absolute atomic E-state index is 0.0976. The summed E-state index contributed by atoms with van der Waals surface area (Å²) in [5.74, 6) is -0.0976. The molecule has 1 unspecified atom stereocenters. The zero-order valence-corrected chi connectivity index (χ0v) is 14.7. The first-order valence-electron chi connectivity index (χ1n) is 8.25. The van der Waals surface area contributed by atoms with Crippen LogP contribution in [-0.4, -0.2) is 20.0 Å². The van der Waals surface area contributed by atoms with Gasteiger partial charge in [0.2, 0.25) is 5.91 Å². The van der Waals surface area contributed by atoms with E-state index in [1.54, 1.807) is 0 Å². The molecule has 0 bridgehead atoms. The van der Waals surface area contributed by atoms with Crippen LogP contribution in [0.5, 0.6) is 0 Å². The SMILES string of the molecule is C=O.CC.[1H]P=NC(CCC)C(=O)Nc1ccc2c(c1)CCC2. The van der Waals surface area contributed by atoms with Crippen LogP contribution in [0.15, 0.2) is 22.9 Å². The molecule has 0 radical (unpaired) electrons. The fourth-order valence-corrected chi connectivity index (χ4v) is 2.61. The molecule has 5 heteroatoms. The van der Waals surface area contributed by atoms with Gasteiger partial charge in [-0.1, -0.05) is 33.3 Å². The molecule has 1 aromatic carbocycles. The zero-order chi connectivity index (χ0) is 17.7. The topological polar surface area (TPSA) is 58.5 Å². The summed E-state index contributed by atoms with van der Waals surface area (Å²) in [6.07, 6.45) is 5.05. The molecule has 2 rings (SSSR count). The summed E-state index contributed by atoms with van der Waals surface area (Å²) in [5.41, 5.74) is 3.60. The summed E-state index contributed by atoms with van der Waals surface area (Å²) in [5, 5.41) is 2.92. The van der Waals surface area contributed by atoms with E-state index in [2.05, 4.69) is 22.2 Å². The van der Waals surface area contributed by atoms with Crippen molar-refractivity contribution < 1.29 is 9.59 Å². The number of hydrogen-bond acceptors (Lipinski definition) is 3. The second-order valence-corrected chi connectivity index (χ2v) is 4.98. The summed E-state index contributed by atoms with van der Waals surface area (Å²) >= 11 is 0. The molecule has 0 saturated heterocycles. The van der Waals surface area contributed by atoms with Gasteiger partial charge in [0.25, 0.3) is 0 Å². The zero-order valence-electron chi connectivity index (χ0n) is 14.8. The minimum atomic E-state index is -0.405. The van der Waals surface area contributed by atoms with E-state index >= 15 is 0 Å². The van der Waals surface area contributed by atoms with Crippen molar-refractivity contribution >= 4 is 27.4 Å². The third kappa shape index (κ3) is 6.07. The van der Waals surface area contributed by atoms with Crippen molar-refractivity contribution in [1.82, 2.24) is 0 Å². The van der Waals surface area contributed by atoms with Crippen molar-refractivity contribution in [1.29, 1.82) is 1.28 Å². The van der Waals surface area contributed by atoms with Crippen LogP contribution in [0, 0.1) is 0 Å². The standard InChI is InChI=1S/C14H19N2OP.C2H6.CH2O/c1-2-4-13(16-18)14(17)15-12-8-7-10-5-3-6-11(10)9-12;2*1-2/h7-9,13,18H,2-6H2,1H3,(H,15,17);1-2H3;1H2/i18H;;. The monoisotopic (exact) mass is 322 g/mol. The number of aryl methyl sites for hydroxylation is 2. The van der Waals surface area contributed by atoms with E-state index in [-0.39, 0.29) is 14.9 Å². The van der Waals surface area contributed by atoms with Crippen molar-refractivity contribution in [3.05, 3.63) is 29.3 Å².